The molecule has 1 N–H and O–H groups in total. The molecule has 136 valence electrons. The Hall–Kier alpha value is -3.10. The van der Waals surface area contributed by atoms with E-state index in [-0.39, 0.29) is 11.6 Å². The highest BCUT2D eigenvalue weighted by Gasteiger charge is 2.29. The molecule has 0 radical (unpaired) electrons. The average molecular weight is 364 g/mol. The van der Waals surface area contributed by atoms with E-state index in [4.69, 9.17) is 4.74 Å². The number of halogens is 3. The number of alkyl halides is 3. The second kappa shape index (κ2) is 6.66. The number of nitrogens with zero attached hydrogens (tertiary/aromatic N) is 3. The molecule has 0 fully saturated rings. The van der Waals surface area contributed by atoms with Gasteiger partial charge in [0.1, 0.15) is 12.3 Å². The maximum atomic E-state index is 12.5. The second-order valence-corrected chi connectivity index (χ2v) is 5.79. The first-order valence-electron chi connectivity index (χ1n) is 7.63. The highest BCUT2D eigenvalue weighted by Crippen LogP contribution is 2.28. The Kier molecular flexibility index (Phi) is 4.54. The molecule has 9 heteroatoms. The van der Waals surface area contributed by atoms with E-state index < -0.39 is 12.7 Å². The summed E-state index contributed by atoms with van der Waals surface area (Å²) in [5, 5.41) is 0.382. The van der Waals surface area contributed by atoms with Gasteiger partial charge in [-0.25, -0.2) is 0 Å². The van der Waals surface area contributed by atoms with Crippen molar-refractivity contribution in [2.75, 3.05) is 18.5 Å². The van der Waals surface area contributed by atoms with Gasteiger partial charge in [-0.05, 0) is 36.8 Å². The molecule has 0 saturated heterocycles. The van der Waals surface area contributed by atoms with E-state index in [2.05, 4.69) is 15.0 Å². The van der Waals surface area contributed by atoms with Crippen molar-refractivity contribution in [3.05, 3.63) is 52.6 Å². The van der Waals surface area contributed by atoms with Gasteiger partial charge in [-0.1, -0.05) is 0 Å². The van der Waals surface area contributed by atoms with Gasteiger partial charge in [0.2, 0.25) is 0 Å². The minimum Gasteiger partial charge on any atom is -0.426 e. The quantitative estimate of drug-likeness (QED) is 0.768. The van der Waals surface area contributed by atoms with Crippen LogP contribution in [0.3, 0.4) is 0 Å². The summed E-state index contributed by atoms with van der Waals surface area (Å²) < 4.78 is 43.2. The molecule has 26 heavy (non-hydrogen) atoms. The first-order chi connectivity index (χ1) is 12.2. The lowest BCUT2D eigenvalue weighted by Gasteiger charge is -2.23. The highest BCUT2D eigenvalue weighted by atomic mass is 19.4. The number of aromatic nitrogens is 3. The number of nitrogens with one attached hydrogen (secondary N) is 1. The van der Waals surface area contributed by atoms with Gasteiger partial charge >= 0.3 is 12.2 Å². The van der Waals surface area contributed by atoms with Crippen LogP contribution in [0.15, 0.2) is 41.5 Å². The Labute approximate surface area is 146 Å². The number of aryl methyl sites for hydroxylation is 1. The van der Waals surface area contributed by atoms with E-state index in [0.717, 1.165) is 4.90 Å². The predicted molar refractivity (Wildman–Crippen MR) is 90.7 cm³/mol. The first-order valence-corrected chi connectivity index (χ1v) is 7.63. The van der Waals surface area contributed by atoms with Gasteiger partial charge in [-0.15, -0.1) is 0 Å². The summed E-state index contributed by atoms with van der Waals surface area (Å²) in [5.41, 5.74) is 1.04. The number of aromatic amines is 1. The summed E-state index contributed by atoms with van der Waals surface area (Å²) >= 11 is 0. The van der Waals surface area contributed by atoms with E-state index >= 15 is 0 Å². The van der Waals surface area contributed by atoms with Crippen molar-refractivity contribution in [2.24, 2.45) is 0 Å². The van der Waals surface area contributed by atoms with Crippen LogP contribution in [0, 0.1) is 6.92 Å². The summed E-state index contributed by atoms with van der Waals surface area (Å²) in [4.78, 5) is 23.7. The van der Waals surface area contributed by atoms with Crippen LogP contribution in [-0.2, 0) is 0 Å². The summed E-state index contributed by atoms with van der Waals surface area (Å²) in [6.07, 6.45) is -1.36. The van der Waals surface area contributed by atoms with Gasteiger partial charge in [-0.2, -0.15) is 18.2 Å². The smallest absolute Gasteiger partial charge is 0.405 e. The normalized spacial score (nSPS) is 11.6. The third-order valence-electron chi connectivity index (χ3n) is 3.70. The van der Waals surface area contributed by atoms with Crippen LogP contribution < -0.4 is 15.2 Å². The molecule has 0 atom stereocenters. The molecule has 0 saturated carbocycles. The number of benzene rings is 1. The van der Waals surface area contributed by atoms with Gasteiger partial charge < -0.3 is 9.64 Å². The van der Waals surface area contributed by atoms with E-state index in [1.807, 2.05) is 0 Å². The molecule has 2 aromatic heterocycles. The molecule has 0 aliphatic carbocycles. The highest BCUT2D eigenvalue weighted by molar-refractivity contribution is 5.76. The van der Waals surface area contributed by atoms with Crippen LogP contribution in [0.2, 0.25) is 0 Å². The van der Waals surface area contributed by atoms with Crippen molar-refractivity contribution >= 4 is 16.6 Å². The maximum Gasteiger partial charge on any atom is 0.405 e. The van der Waals surface area contributed by atoms with E-state index in [1.54, 1.807) is 19.1 Å². The zero-order chi connectivity index (χ0) is 18.9. The van der Waals surface area contributed by atoms with E-state index in [0.29, 0.717) is 27.9 Å². The molecule has 0 amide bonds. The lowest BCUT2D eigenvalue weighted by Crippen LogP contribution is -2.31. The molecule has 6 nitrogen and oxygen atoms in total. The molecule has 3 aromatic rings. The molecular formula is C17H15F3N4O2. The average Bonchev–Trinajstić information content (AvgIpc) is 2.53. The third-order valence-corrected chi connectivity index (χ3v) is 3.70. The van der Waals surface area contributed by atoms with Crippen LogP contribution in [0.1, 0.15) is 5.56 Å². The summed E-state index contributed by atoms with van der Waals surface area (Å²) in [6, 6.07) is 6.14. The fraction of sp³-hybridized carbons (Fsp3) is 0.235. The van der Waals surface area contributed by atoms with Crippen molar-refractivity contribution in [2.45, 2.75) is 13.1 Å². The van der Waals surface area contributed by atoms with Crippen molar-refractivity contribution in [1.82, 2.24) is 15.0 Å². The molecule has 3 rings (SSSR count). The number of rotatable bonds is 4. The Morgan fingerprint density at radius 2 is 2.04 bits per heavy atom. The molecule has 2 heterocycles. The zero-order valence-corrected chi connectivity index (χ0v) is 14.0. The number of hydrogen-bond donors (Lipinski definition) is 1. The van der Waals surface area contributed by atoms with Crippen LogP contribution in [0.4, 0.5) is 18.9 Å². The number of pyridine rings is 1. The van der Waals surface area contributed by atoms with Crippen LogP contribution >= 0.6 is 0 Å². The van der Waals surface area contributed by atoms with Crippen molar-refractivity contribution in [1.29, 1.82) is 0 Å². The number of ether oxygens (including phenoxy) is 1. The van der Waals surface area contributed by atoms with Gasteiger partial charge in [-0.3, -0.25) is 14.8 Å². The minimum absolute atomic E-state index is 0.0219. The van der Waals surface area contributed by atoms with Crippen molar-refractivity contribution < 1.29 is 17.9 Å². The molecule has 0 aliphatic heterocycles. The van der Waals surface area contributed by atoms with E-state index in [9.17, 15) is 18.0 Å². The van der Waals surface area contributed by atoms with Crippen LogP contribution in [-0.4, -0.2) is 34.7 Å². The Morgan fingerprint density at radius 3 is 2.73 bits per heavy atom. The van der Waals surface area contributed by atoms with Crippen LogP contribution in [0.5, 0.6) is 11.8 Å². The van der Waals surface area contributed by atoms with Crippen molar-refractivity contribution in [3.63, 3.8) is 0 Å². The Morgan fingerprint density at radius 1 is 1.27 bits per heavy atom. The zero-order valence-electron chi connectivity index (χ0n) is 14.0. The maximum absolute atomic E-state index is 12.5. The molecular weight excluding hydrogens is 349 g/mol. The molecule has 0 aliphatic rings. The summed E-state index contributed by atoms with van der Waals surface area (Å²) in [5.74, 6) is 0.345. The number of H-pyrrole nitrogens is 1. The molecule has 0 bridgehead atoms. The fourth-order valence-electron chi connectivity index (χ4n) is 2.60. The lowest BCUT2D eigenvalue weighted by molar-refractivity contribution is -0.119. The monoisotopic (exact) mass is 364 g/mol. The van der Waals surface area contributed by atoms with Gasteiger partial charge in [0.25, 0.3) is 5.56 Å². The topological polar surface area (TPSA) is 71.1 Å². The number of fused-ring (bicyclic) bond motifs is 1. The molecule has 1 aromatic carbocycles. The largest absolute Gasteiger partial charge is 0.426 e. The van der Waals surface area contributed by atoms with Gasteiger partial charge in [0.15, 0.2) is 0 Å². The lowest BCUT2D eigenvalue weighted by atomic mass is 10.1. The fourth-order valence-corrected chi connectivity index (χ4v) is 2.60. The summed E-state index contributed by atoms with van der Waals surface area (Å²) in [6.45, 7) is 0.621. The second-order valence-electron chi connectivity index (χ2n) is 5.79. The van der Waals surface area contributed by atoms with Crippen LogP contribution in [0.25, 0.3) is 10.9 Å². The molecule has 0 spiro atoms. The number of anilines is 1. The van der Waals surface area contributed by atoms with Gasteiger partial charge in [0, 0.05) is 18.9 Å². The Balaban J connectivity index is 1.85. The minimum atomic E-state index is -4.29. The summed E-state index contributed by atoms with van der Waals surface area (Å²) in [7, 11) is 1.37. The van der Waals surface area contributed by atoms with Crippen molar-refractivity contribution in [3.8, 4) is 11.8 Å². The SMILES string of the molecule is Cc1cc(Oc2nc3cnccc3c(=O)[nH]2)ccc1N(C)CC(F)(F)F. The predicted octanol–water partition coefficient (Wildman–Crippen LogP) is 3.42. The first kappa shape index (κ1) is 17.7. The Bertz CT molecular complexity index is 1000. The van der Waals surface area contributed by atoms with E-state index in [1.165, 1.54) is 31.6 Å². The number of hydrogen-bond acceptors (Lipinski definition) is 5. The van der Waals surface area contributed by atoms with Gasteiger partial charge in [0.05, 0.1) is 17.1 Å². The third kappa shape index (κ3) is 3.93. The molecule has 0 unspecified atom stereocenters. The standard InChI is InChI=1S/C17H15F3N4O2/c1-10-7-11(3-4-14(10)24(2)9-17(18,19)20)26-16-22-13-8-21-6-5-12(13)15(25)23-16/h3-8H,9H2,1-2H3,(H,22,23,25).